The molecule has 0 spiro atoms. The predicted octanol–water partition coefficient (Wildman–Crippen LogP) is 4.74. The lowest BCUT2D eigenvalue weighted by Gasteiger charge is -2.67. The van der Waals surface area contributed by atoms with Crippen LogP contribution >= 0.6 is 0 Å². The largest absolute Gasteiger partial charge is 0.484 e. The Balaban J connectivity index is 1.48. The third-order valence-corrected chi connectivity index (χ3v) is 10.9. The molecule has 0 amide bonds. The summed E-state index contributed by atoms with van der Waals surface area (Å²) in [5.74, 6) is -1.23. The molecule has 45 heavy (non-hydrogen) atoms. The van der Waals surface area contributed by atoms with Crippen LogP contribution in [0.2, 0.25) is 0 Å². The molecule has 11 nitrogen and oxygen atoms in total. The van der Waals surface area contributed by atoms with Crippen LogP contribution in [0.15, 0.2) is 39.8 Å². The summed E-state index contributed by atoms with van der Waals surface area (Å²) in [6.45, 7) is 9.33. The van der Waals surface area contributed by atoms with Crippen molar-refractivity contribution in [3.8, 4) is 17.1 Å². The van der Waals surface area contributed by atoms with E-state index in [0.717, 1.165) is 12.8 Å². The van der Waals surface area contributed by atoms with Gasteiger partial charge in [-0.1, -0.05) is 13.8 Å². The van der Waals surface area contributed by atoms with Crippen molar-refractivity contribution in [2.45, 2.75) is 103 Å². The quantitative estimate of drug-likeness (QED) is 0.351. The van der Waals surface area contributed by atoms with Crippen molar-refractivity contribution in [3.05, 3.63) is 46.6 Å². The van der Waals surface area contributed by atoms with E-state index in [1.807, 2.05) is 13.8 Å². The Kier molecular flexibility index (Phi) is 8.33. The van der Waals surface area contributed by atoms with Gasteiger partial charge in [-0.3, -0.25) is 14.6 Å². The number of carbonyl (C=O) groups excluding carboxylic acids is 2. The van der Waals surface area contributed by atoms with E-state index in [0.29, 0.717) is 37.9 Å². The first-order valence-electron chi connectivity index (χ1n) is 15.9. The maximum Gasteiger partial charge on any atom is 0.345 e. The van der Waals surface area contributed by atoms with Gasteiger partial charge < -0.3 is 33.2 Å². The minimum Gasteiger partial charge on any atom is -0.484 e. The Morgan fingerprint density at radius 2 is 1.91 bits per heavy atom. The highest BCUT2D eigenvalue weighted by molar-refractivity contribution is 5.67. The number of ether oxygens (including phenoxy) is 5. The van der Waals surface area contributed by atoms with Crippen LogP contribution in [-0.4, -0.2) is 59.3 Å². The van der Waals surface area contributed by atoms with Crippen LogP contribution in [0.25, 0.3) is 11.3 Å². The monoisotopic (exact) mass is 625 g/mol. The molecule has 2 saturated carbocycles. The Hall–Kier alpha value is -3.28. The normalized spacial score (nSPS) is 37.3. The first-order valence-corrected chi connectivity index (χ1v) is 15.9. The van der Waals surface area contributed by atoms with Gasteiger partial charge in [0.25, 0.3) is 0 Å². The molecule has 2 aromatic rings. The molecule has 4 heterocycles. The van der Waals surface area contributed by atoms with Crippen molar-refractivity contribution in [2.75, 3.05) is 13.2 Å². The molecule has 0 aromatic carbocycles. The van der Waals surface area contributed by atoms with Gasteiger partial charge in [-0.25, -0.2) is 4.79 Å². The molecule has 3 fully saturated rings. The van der Waals surface area contributed by atoms with Gasteiger partial charge in [-0.2, -0.15) is 0 Å². The zero-order chi connectivity index (χ0) is 32.1. The van der Waals surface area contributed by atoms with Gasteiger partial charge in [0, 0.05) is 55.8 Å². The van der Waals surface area contributed by atoms with Crippen LogP contribution < -0.4 is 10.4 Å². The molecule has 0 radical (unpaired) electrons. The number of nitrogens with zero attached hydrogens (tertiary/aromatic N) is 1. The molecule has 1 N–H and O–H groups in total. The Morgan fingerprint density at radius 3 is 2.58 bits per heavy atom. The zero-order valence-corrected chi connectivity index (χ0v) is 26.6. The minimum atomic E-state index is -1.26. The second-order valence-electron chi connectivity index (χ2n) is 13.8. The predicted molar refractivity (Wildman–Crippen MR) is 160 cm³/mol. The van der Waals surface area contributed by atoms with E-state index < -0.39 is 64.5 Å². The lowest BCUT2D eigenvalue weighted by atomic mass is 9.42. The van der Waals surface area contributed by atoms with E-state index in [1.165, 1.54) is 13.8 Å². The van der Waals surface area contributed by atoms with Gasteiger partial charge in [-0.15, -0.1) is 0 Å². The third kappa shape index (κ3) is 5.46. The van der Waals surface area contributed by atoms with Crippen molar-refractivity contribution in [3.63, 3.8) is 0 Å². The minimum absolute atomic E-state index is 0.0147. The average molecular weight is 626 g/mol. The standard InChI is InChI=1S/C34H43NO10/c1-19(36)41-18-33(4)24-16-26(44-27-10-6-7-14-40-27)34(5)30(32(24,3)12-11-25(33)42-20(2)37)29(38)28-23(45-34)15-22(43-31(28)39)21-9-8-13-35-17-21/h8-9,13,15,17,24-27,29-30,38H,6-7,10-12,14,16,18H2,1-5H3/t24?,25-,26-,27?,29-,30?,32-,33-,34+/m0/s1. The molecule has 2 aliphatic heterocycles. The molecule has 9 atom stereocenters. The molecular weight excluding hydrogens is 582 g/mol. The average Bonchev–Trinajstić information content (AvgIpc) is 2.99. The van der Waals surface area contributed by atoms with Gasteiger partial charge in [0.05, 0.1) is 6.10 Å². The number of aliphatic hydroxyl groups is 1. The van der Waals surface area contributed by atoms with Gasteiger partial charge in [0.1, 0.15) is 41.5 Å². The maximum absolute atomic E-state index is 13.6. The Morgan fingerprint density at radius 1 is 1.11 bits per heavy atom. The Bertz CT molecular complexity index is 1490. The number of hydrogen-bond donors (Lipinski definition) is 1. The van der Waals surface area contributed by atoms with Crippen molar-refractivity contribution in [1.29, 1.82) is 0 Å². The van der Waals surface area contributed by atoms with Crippen molar-refractivity contribution < 1.29 is 42.8 Å². The summed E-state index contributed by atoms with van der Waals surface area (Å²) in [6.07, 6.45) is 4.49. The van der Waals surface area contributed by atoms with Gasteiger partial charge in [0.2, 0.25) is 0 Å². The number of rotatable bonds is 6. The van der Waals surface area contributed by atoms with E-state index in [1.54, 1.807) is 30.6 Å². The van der Waals surface area contributed by atoms with Crippen molar-refractivity contribution >= 4 is 11.9 Å². The van der Waals surface area contributed by atoms with E-state index in [9.17, 15) is 19.5 Å². The number of aliphatic hydroxyl groups excluding tert-OH is 1. The topological polar surface area (TPSA) is 144 Å². The molecule has 1 saturated heterocycles. The molecule has 2 aliphatic carbocycles. The van der Waals surface area contributed by atoms with Crippen LogP contribution in [0.1, 0.15) is 84.8 Å². The van der Waals surface area contributed by atoms with Crippen molar-refractivity contribution in [1.82, 2.24) is 4.98 Å². The highest BCUT2D eigenvalue weighted by Crippen LogP contribution is 2.67. The lowest BCUT2D eigenvalue weighted by molar-refractivity contribution is -0.302. The number of esters is 2. The summed E-state index contributed by atoms with van der Waals surface area (Å²) in [6, 6.07) is 5.17. The van der Waals surface area contributed by atoms with Gasteiger partial charge in [0.15, 0.2) is 6.29 Å². The smallest absolute Gasteiger partial charge is 0.345 e. The fourth-order valence-corrected chi connectivity index (χ4v) is 8.86. The van der Waals surface area contributed by atoms with Gasteiger partial charge in [-0.05, 0) is 68.9 Å². The fraction of sp³-hybridized carbons (Fsp3) is 0.647. The van der Waals surface area contributed by atoms with Crippen molar-refractivity contribution in [2.24, 2.45) is 22.7 Å². The second kappa shape index (κ2) is 11.8. The number of hydrogen-bond acceptors (Lipinski definition) is 11. The van der Waals surface area contributed by atoms with Gasteiger partial charge >= 0.3 is 17.6 Å². The third-order valence-electron chi connectivity index (χ3n) is 10.9. The number of carbonyl (C=O) groups is 2. The van der Waals surface area contributed by atoms with Crippen LogP contribution in [0.4, 0.5) is 0 Å². The molecule has 0 bridgehead atoms. The van der Waals surface area contributed by atoms with Crippen LogP contribution in [0.5, 0.6) is 5.75 Å². The maximum atomic E-state index is 13.6. The van der Waals surface area contributed by atoms with E-state index >= 15 is 0 Å². The zero-order valence-electron chi connectivity index (χ0n) is 26.6. The Labute approximate surface area is 262 Å². The summed E-state index contributed by atoms with van der Waals surface area (Å²) in [4.78, 5) is 42.1. The molecule has 3 unspecified atom stereocenters. The summed E-state index contributed by atoms with van der Waals surface area (Å²) in [5, 5.41) is 12.3. The second-order valence-corrected chi connectivity index (χ2v) is 13.8. The van der Waals surface area contributed by atoms with Crippen LogP contribution in [0.3, 0.4) is 0 Å². The molecular formula is C34H43NO10. The molecule has 244 valence electrons. The first-order chi connectivity index (χ1) is 21.4. The molecule has 4 aliphatic rings. The lowest BCUT2D eigenvalue weighted by Crippen LogP contribution is -2.71. The van der Waals surface area contributed by atoms with Crippen LogP contribution in [0, 0.1) is 22.7 Å². The molecule has 11 heteroatoms. The molecule has 2 aromatic heterocycles. The number of pyridine rings is 1. The highest BCUT2D eigenvalue weighted by atomic mass is 16.7. The number of aromatic nitrogens is 1. The summed E-state index contributed by atoms with van der Waals surface area (Å²) >= 11 is 0. The fourth-order valence-electron chi connectivity index (χ4n) is 8.86. The summed E-state index contributed by atoms with van der Waals surface area (Å²) in [5.41, 5.74) is -2.59. The van der Waals surface area contributed by atoms with E-state index in [4.69, 9.17) is 28.1 Å². The summed E-state index contributed by atoms with van der Waals surface area (Å²) in [7, 11) is 0. The van der Waals surface area contributed by atoms with E-state index in [-0.39, 0.29) is 29.6 Å². The highest BCUT2D eigenvalue weighted by Gasteiger charge is 2.70. The van der Waals surface area contributed by atoms with E-state index in [2.05, 4.69) is 11.9 Å². The first kappa shape index (κ1) is 31.7. The molecule has 6 rings (SSSR count). The number of fused-ring (bicyclic) bond motifs is 4. The van der Waals surface area contributed by atoms with Crippen LogP contribution in [-0.2, 0) is 28.5 Å². The summed E-state index contributed by atoms with van der Waals surface area (Å²) < 4.78 is 36.9. The SMILES string of the molecule is CC(=O)OC[C@@]1(C)C2C[C@H](OC3CCCCO3)[C@@]3(C)Oc4cc(-c5cccnc5)oc(=O)c4[C@H](O)C3[C@@]2(C)CC[C@@H]1OC(C)=O.